The van der Waals surface area contributed by atoms with E-state index in [-0.39, 0.29) is 11.1 Å². The van der Waals surface area contributed by atoms with Gasteiger partial charge in [-0.2, -0.15) is 5.26 Å². The minimum atomic E-state index is -0.423. The smallest absolute Gasteiger partial charge is 0.286 e. The number of nitrogens with one attached hydrogen (secondary N) is 1. The third kappa shape index (κ3) is 3.13. The number of nitrogen functional groups attached to an aromatic ring is 1. The molecular weight excluding hydrogens is 328 g/mol. The largest absolute Gasteiger partial charge is 0.289 e. The summed E-state index contributed by atoms with van der Waals surface area (Å²) in [7, 11) is 0. The highest BCUT2D eigenvalue weighted by Gasteiger charge is 2.34. The Labute approximate surface area is 152 Å². The van der Waals surface area contributed by atoms with Crippen LogP contribution < -0.4 is 10.7 Å². The van der Waals surface area contributed by atoms with Crippen LogP contribution in [0.4, 0.5) is 11.5 Å². The highest BCUT2D eigenvalue weighted by molar-refractivity contribution is 5.78. The van der Waals surface area contributed by atoms with Gasteiger partial charge in [0.25, 0.3) is 11.5 Å². The number of hydrogen-bond acceptors (Lipinski definition) is 4. The molecule has 0 amide bonds. The average Bonchev–Trinajstić information content (AvgIpc) is 2.59. The highest BCUT2D eigenvalue weighted by Crippen LogP contribution is 2.41. The summed E-state index contributed by atoms with van der Waals surface area (Å²) in [6, 6.07) is 8.56. The van der Waals surface area contributed by atoms with Crippen molar-refractivity contribution >= 4 is 11.5 Å². The number of pyridine rings is 1. The van der Waals surface area contributed by atoms with E-state index < -0.39 is 4.92 Å². The lowest BCUT2D eigenvalue weighted by Gasteiger charge is -2.35. The number of nitro benzene ring substituents is 1. The summed E-state index contributed by atoms with van der Waals surface area (Å²) in [5.41, 5.74) is 10.5. The van der Waals surface area contributed by atoms with Crippen LogP contribution in [0.1, 0.15) is 44.0 Å². The Morgan fingerprint density at radius 1 is 1.31 bits per heavy atom. The second kappa shape index (κ2) is 6.41. The summed E-state index contributed by atoms with van der Waals surface area (Å²) in [5, 5.41) is 20.6. The topological polar surface area (TPSA) is 107 Å². The van der Waals surface area contributed by atoms with Gasteiger partial charge in [-0.15, -0.1) is 0 Å². The number of hydrogen-bond donors (Lipinski definition) is 1. The van der Waals surface area contributed by atoms with E-state index in [0.29, 0.717) is 17.3 Å². The lowest BCUT2D eigenvalue weighted by atomic mass is 9.70. The standard InChI is InChI=1S/C20H22N4O2/c1-20(2,3)13-6-9-17-15(10-13)18(16(11-21)19(22)23-17)12-4-7-14(8-5-12)24(25)26/h4-5,7-8,13H,6,9-10H2,1-3H3,(H2,22,23)/p+1/t13-/m0/s1. The second-order valence-corrected chi connectivity index (χ2v) is 7.97. The quantitative estimate of drug-likeness (QED) is 0.657. The van der Waals surface area contributed by atoms with Gasteiger partial charge in [0, 0.05) is 29.7 Å². The first-order chi connectivity index (χ1) is 12.2. The van der Waals surface area contributed by atoms with Crippen molar-refractivity contribution in [3.63, 3.8) is 0 Å². The zero-order chi connectivity index (χ0) is 19.1. The molecule has 3 N–H and O–H groups in total. The number of non-ortho nitro benzene ring substituents is 1. The minimum Gasteiger partial charge on any atom is -0.286 e. The van der Waals surface area contributed by atoms with E-state index in [2.05, 4.69) is 31.8 Å². The van der Waals surface area contributed by atoms with E-state index in [1.807, 2.05) is 0 Å². The minimum absolute atomic E-state index is 0.0316. The molecule has 2 aromatic rings. The van der Waals surface area contributed by atoms with E-state index in [0.717, 1.165) is 41.6 Å². The van der Waals surface area contributed by atoms with Crippen molar-refractivity contribution in [3.8, 4) is 17.2 Å². The van der Waals surface area contributed by atoms with Crippen molar-refractivity contribution in [2.24, 2.45) is 11.3 Å². The molecule has 0 bridgehead atoms. The molecule has 6 heteroatoms. The lowest BCUT2D eigenvalue weighted by Crippen LogP contribution is -2.32. The molecule has 1 atom stereocenters. The van der Waals surface area contributed by atoms with Crippen molar-refractivity contribution in [2.75, 3.05) is 5.73 Å². The predicted molar refractivity (Wildman–Crippen MR) is 99.2 cm³/mol. The van der Waals surface area contributed by atoms with Crippen LogP contribution >= 0.6 is 0 Å². The molecule has 1 heterocycles. The number of benzene rings is 1. The number of nitriles is 1. The Bertz CT molecular complexity index is 905. The normalized spacial score (nSPS) is 16.6. The van der Waals surface area contributed by atoms with Crippen molar-refractivity contribution in [1.29, 1.82) is 5.26 Å². The van der Waals surface area contributed by atoms with Crippen LogP contribution in [-0.4, -0.2) is 4.92 Å². The molecular formula is C20H23N4O2+. The summed E-state index contributed by atoms with van der Waals surface area (Å²) in [6.45, 7) is 6.71. The zero-order valence-electron chi connectivity index (χ0n) is 15.3. The van der Waals surface area contributed by atoms with Gasteiger partial charge in [-0.1, -0.05) is 20.8 Å². The van der Waals surface area contributed by atoms with Gasteiger partial charge in [0.05, 0.1) is 4.92 Å². The van der Waals surface area contributed by atoms with Crippen LogP contribution in [0.25, 0.3) is 11.1 Å². The summed E-state index contributed by atoms with van der Waals surface area (Å²) < 4.78 is 0. The number of nitro groups is 1. The van der Waals surface area contributed by atoms with E-state index in [4.69, 9.17) is 5.73 Å². The molecule has 6 nitrogen and oxygen atoms in total. The van der Waals surface area contributed by atoms with Gasteiger partial charge in [0.15, 0.2) is 0 Å². The van der Waals surface area contributed by atoms with Gasteiger partial charge in [0.1, 0.15) is 17.3 Å². The molecule has 0 fully saturated rings. The molecule has 0 saturated carbocycles. The first kappa shape index (κ1) is 17.9. The molecule has 26 heavy (non-hydrogen) atoms. The fraction of sp³-hybridized carbons (Fsp3) is 0.400. The van der Waals surface area contributed by atoms with Gasteiger partial charge < -0.3 is 0 Å². The molecule has 0 aliphatic heterocycles. The van der Waals surface area contributed by atoms with Crippen LogP contribution in [0, 0.1) is 32.8 Å². The molecule has 3 rings (SSSR count). The maximum atomic E-state index is 10.9. The summed E-state index contributed by atoms with van der Waals surface area (Å²) in [4.78, 5) is 13.7. The molecule has 1 aliphatic rings. The zero-order valence-corrected chi connectivity index (χ0v) is 15.3. The predicted octanol–water partition coefficient (Wildman–Crippen LogP) is 3.68. The number of anilines is 1. The Morgan fingerprint density at radius 3 is 2.50 bits per heavy atom. The summed E-state index contributed by atoms with van der Waals surface area (Å²) in [5.74, 6) is 0.851. The fourth-order valence-corrected chi connectivity index (χ4v) is 3.77. The van der Waals surface area contributed by atoms with Crippen molar-refractivity contribution in [2.45, 2.75) is 40.0 Å². The van der Waals surface area contributed by atoms with E-state index in [1.54, 1.807) is 12.1 Å². The molecule has 1 aromatic carbocycles. The number of aryl methyl sites for hydroxylation is 1. The van der Waals surface area contributed by atoms with Crippen molar-refractivity contribution < 1.29 is 9.91 Å². The molecule has 1 aliphatic carbocycles. The molecule has 0 spiro atoms. The number of aromatic amines is 1. The van der Waals surface area contributed by atoms with Gasteiger partial charge in [-0.3, -0.25) is 15.8 Å². The van der Waals surface area contributed by atoms with Crippen LogP contribution in [-0.2, 0) is 12.8 Å². The van der Waals surface area contributed by atoms with Gasteiger partial charge in [-0.05, 0) is 41.9 Å². The molecule has 0 unspecified atom stereocenters. The monoisotopic (exact) mass is 351 g/mol. The van der Waals surface area contributed by atoms with E-state index >= 15 is 0 Å². The van der Waals surface area contributed by atoms with E-state index in [1.165, 1.54) is 12.1 Å². The van der Waals surface area contributed by atoms with Gasteiger partial charge in [-0.25, -0.2) is 4.98 Å². The molecule has 1 aromatic heterocycles. The van der Waals surface area contributed by atoms with Crippen molar-refractivity contribution in [1.82, 2.24) is 0 Å². The molecule has 0 radical (unpaired) electrons. The third-order valence-corrected chi connectivity index (χ3v) is 5.37. The number of rotatable bonds is 2. The average molecular weight is 351 g/mol. The molecule has 0 saturated heterocycles. The van der Waals surface area contributed by atoms with Crippen LogP contribution in [0.5, 0.6) is 0 Å². The number of H-pyrrole nitrogens is 1. The Morgan fingerprint density at radius 2 is 1.96 bits per heavy atom. The van der Waals surface area contributed by atoms with Gasteiger partial charge in [0.2, 0.25) is 0 Å². The Kier molecular flexibility index (Phi) is 4.41. The van der Waals surface area contributed by atoms with Gasteiger partial charge >= 0.3 is 0 Å². The maximum Gasteiger partial charge on any atom is 0.289 e. The number of fused-ring (bicyclic) bond motifs is 1. The SMILES string of the molecule is CC(C)(C)[C@H]1CCc2[nH+]c(N)c(C#N)c(-c3ccc([N+](=O)[O-])cc3)c2C1. The van der Waals surface area contributed by atoms with E-state index in [9.17, 15) is 15.4 Å². The van der Waals surface area contributed by atoms with Crippen LogP contribution in [0.3, 0.4) is 0 Å². The molecule has 134 valence electrons. The lowest BCUT2D eigenvalue weighted by molar-refractivity contribution is -0.384. The Balaban J connectivity index is 2.19. The maximum absolute atomic E-state index is 10.9. The number of aromatic nitrogens is 1. The summed E-state index contributed by atoms with van der Waals surface area (Å²) in [6.07, 6.45) is 2.81. The summed E-state index contributed by atoms with van der Waals surface area (Å²) >= 11 is 0. The first-order valence-corrected chi connectivity index (χ1v) is 8.73. The van der Waals surface area contributed by atoms with Crippen LogP contribution in [0.2, 0.25) is 0 Å². The fourth-order valence-electron chi connectivity index (χ4n) is 3.77. The Hall–Kier alpha value is -2.94. The highest BCUT2D eigenvalue weighted by atomic mass is 16.6. The second-order valence-electron chi connectivity index (χ2n) is 7.97. The van der Waals surface area contributed by atoms with Crippen molar-refractivity contribution in [3.05, 3.63) is 51.2 Å². The number of nitrogens with two attached hydrogens (primary N) is 1. The number of nitrogens with zero attached hydrogens (tertiary/aromatic N) is 2. The first-order valence-electron chi connectivity index (χ1n) is 8.73. The third-order valence-electron chi connectivity index (χ3n) is 5.37. The van der Waals surface area contributed by atoms with Crippen LogP contribution in [0.15, 0.2) is 24.3 Å².